The predicted molar refractivity (Wildman–Crippen MR) is 179 cm³/mol. The molecule has 5 aromatic carbocycles. The minimum Gasteiger partial charge on any atom is -0.437 e. The molecule has 0 bridgehead atoms. The number of aliphatic imine (C=N–C) groups is 1. The predicted octanol–water partition coefficient (Wildman–Crippen LogP) is 10.0. The Kier molecular flexibility index (Phi) is 6.96. The van der Waals surface area contributed by atoms with E-state index < -0.39 is 0 Å². The highest BCUT2D eigenvalue weighted by atomic mass is 35.5. The quantitative estimate of drug-likeness (QED) is 0.200. The summed E-state index contributed by atoms with van der Waals surface area (Å²) in [5, 5.41) is 1.82. The molecule has 0 saturated carbocycles. The van der Waals surface area contributed by atoms with Gasteiger partial charge in [0, 0.05) is 39.7 Å². The van der Waals surface area contributed by atoms with Gasteiger partial charge in [0.25, 0.3) is 0 Å². The van der Waals surface area contributed by atoms with Gasteiger partial charge in [0.2, 0.25) is 5.90 Å². The number of nitrogens with zero attached hydrogens (tertiary/aromatic N) is 2. The molecule has 6 aromatic rings. The van der Waals surface area contributed by atoms with Gasteiger partial charge in [-0.2, -0.15) is 0 Å². The smallest absolute Gasteiger partial charge is 0.223 e. The van der Waals surface area contributed by atoms with E-state index in [1.807, 2.05) is 36.4 Å². The van der Waals surface area contributed by atoms with Crippen LogP contribution in [0.5, 0.6) is 0 Å². The fourth-order valence-corrected chi connectivity index (χ4v) is 6.11. The Morgan fingerprint density at radius 2 is 1.40 bits per heavy atom. The molecule has 0 amide bonds. The molecule has 4 heteroatoms. The van der Waals surface area contributed by atoms with Gasteiger partial charge in [-0.3, -0.25) is 0 Å². The van der Waals surface area contributed by atoms with E-state index >= 15 is 0 Å². The van der Waals surface area contributed by atoms with Crippen LogP contribution in [0.3, 0.4) is 0 Å². The van der Waals surface area contributed by atoms with Gasteiger partial charge >= 0.3 is 0 Å². The number of aromatic nitrogens is 1. The normalized spacial score (nSPS) is 14.7. The molecular formula is C39H31ClN2O. The summed E-state index contributed by atoms with van der Waals surface area (Å²) in [5.74, 6) is 1.45. The summed E-state index contributed by atoms with van der Waals surface area (Å²) in [6.45, 7) is 4.77. The van der Waals surface area contributed by atoms with Crippen LogP contribution in [0.25, 0.3) is 33.5 Å². The summed E-state index contributed by atoms with van der Waals surface area (Å²) >= 11 is 6.57. The Labute approximate surface area is 257 Å². The molecule has 0 unspecified atom stereocenters. The maximum Gasteiger partial charge on any atom is 0.223 e. The van der Waals surface area contributed by atoms with Crippen LogP contribution in [0.15, 0.2) is 126 Å². The topological polar surface area (TPSA) is 26.5 Å². The van der Waals surface area contributed by atoms with Crippen LogP contribution in [0.4, 0.5) is 0 Å². The third kappa shape index (κ3) is 4.96. The molecular weight excluding hydrogens is 548 g/mol. The first-order valence-corrected chi connectivity index (χ1v) is 14.9. The van der Waals surface area contributed by atoms with Crippen LogP contribution in [-0.4, -0.2) is 10.5 Å². The molecule has 3 nitrogen and oxygen atoms in total. The highest BCUT2D eigenvalue weighted by molar-refractivity contribution is 6.31. The lowest BCUT2D eigenvalue weighted by atomic mass is 9.89. The summed E-state index contributed by atoms with van der Waals surface area (Å²) in [5.41, 5.74) is 12.1. The lowest BCUT2D eigenvalue weighted by Gasteiger charge is -2.16. The summed E-state index contributed by atoms with van der Waals surface area (Å²) < 4.78 is 9.09. The highest BCUT2D eigenvalue weighted by Gasteiger charge is 2.31. The van der Waals surface area contributed by atoms with Crippen LogP contribution in [0.2, 0.25) is 5.02 Å². The number of benzene rings is 5. The zero-order valence-electron chi connectivity index (χ0n) is 24.4. The first-order chi connectivity index (χ1) is 21.0. The molecule has 0 fully saturated rings. The van der Waals surface area contributed by atoms with Crippen molar-refractivity contribution in [1.82, 2.24) is 4.57 Å². The lowest BCUT2D eigenvalue weighted by Crippen LogP contribution is -2.00. The zero-order chi connectivity index (χ0) is 29.5. The molecule has 0 atom stereocenters. The Morgan fingerprint density at radius 3 is 2.12 bits per heavy atom. The summed E-state index contributed by atoms with van der Waals surface area (Å²) in [6.07, 6.45) is 0. The molecule has 0 aliphatic carbocycles. The molecule has 0 N–H and O–H groups in total. The fraction of sp³-hybridized carbons (Fsp3) is 0.103. The average Bonchev–Trinajstić information content (AvgIpc) is 3.53. The van der Waals surface area contributed by atoms with E-state index in [2.05, 4.69) is 110 Å². The minimum atomic E-state index is 0.541. The van der Waals surface area contributed by atoms with Gasteiger partial charge in [0.1, 0.15) is 5.76 Å². The van der Waals surface area contributed by atoms with Gasteiger partial charge in [0.15, 0.2) is 0 Å². The number of fused-ring (bicyclic) bond motifs is 2. The molecule has 0 spiro atoms. The molecule has 1 aliphatic heterocycles. The SMILES string of the molecule is Cc1ccc(/C(=C2/OC(=NCc3ccccc3)c3ccccc32)c2c(-c3ccc(C)cc3)n(C)c3cc(Cl)ccc23)cc1. The number of aryl methyl sites for hydroxylation is 3. The van der Waals surface area contributed by atoms with Gasteiger partial charge in [-0.1, -0.05) is 126 Å². The van der Waals surface area contributed by atoms with Crippen molar-refractivity contribution < 1.29 is 4.74 Å². The summed E-state index contributed by atoms with van der Waals surface area (Å²) in [6, 6.07) is 42.2. The van der Waals surface area contributed by atoms with E-state index in [0.29, 0.717) is 17.5 Å². The van der Waals surface area contributed by atoms with Crippen LogP contribution in [0.1, 0.15) is 38.9 Å². The fourth-order valence-electron chi connectivity index (χ4n) is 5.94. The van der Waals surface area contributed by atoms with Crippen LogP contribution in [0, 0.1) is 13.8 Å². The number of halogens is 1. The van der Waals surface area contributed by atoms with Crippen molar-refractivity contribution in [3.8, 4) is 11.3 Å². The number of ether oxygens (including phenoxy) is 1. The first kappa shape index (κ1) is 27.0. The molecule has 1 aliphatic rings. The second-order valence-corrected chi connectivity index (χ2v) is 11.6. The Bertz CT molecular complexity index is 2030. The van der Waals surface area contributed by atoms with Gasteiger partial charge in [-0.25, -0.2) is 4.99 Å². The van der Waals surface area contributed by atoms with Gasteiger partial charge in [0.05, 0.1) is 17.8 Å². The Balaban J connectivity index is 1.54. The summed E-state index contributed by atoms with van der Waals surface area (Å²) in [4.78, 5) is 4.98. The van der Waals surface area contributed by atoms with E-state index in [4.69, 9.17) is 21.3 Å². The first-order valence-electron chi connectivity index (χ1n) is 14.5. The van der Waals surface area contributed by atoms with Gasteiger partial charge in [-0.15, -0.1) is 0 Å². The lowest BCUT2D eigenvalue weighted by molar-refractivity contribution is 0.523. The van der Waals surface area contributed by atoms with Crippen molar-refractivity contribution in [1.29, 1.82) is 0 Å². The number of hydrogen-bond acceptors (Lipinski definition) is 2. The van der Waals surface area contributed by atoms with E-state index in [0.717, 1.165) is 61.3 Å². The molecule has 43 heavy (non-hydrogen) atoms. The van der Waals surface area contributed by atoms with Gasteiger partial charge < -0.3 is 9.30 Å². The highest BCUT2D eigenvalue weighted by Crippen LogP contribution is 2.46. The maximum absolute atomic E-state index is 6.84. The molecule has 0 radical (unpaired) electrons. The number of hydrogen-bond donors (Lipinski definition) is 0. The van der Waals surface area contributed by atoms with Crippen molar-refractivity contribution in [3.05, 3.63) is 165 Å². The van der Waals surface area contributed by atoms with Crippen LogP contribution >= 0.6 is 11.6 Å². The van der Waals surface area contributed by atoms with E-state index in [1.54, 1.807) is 0 Å². The largest absolute Gasteiger partial charge is 0.437 e. The molecule has 1 aromatic heterocycles. The zero-order valence-corrected chi connectivity index (χ0v) is 25.2. The standard InChI is InChI=1S/C39H31ClN2O/c1-25-13-17-28(18-14-25)35(38-31-11-7-8-12-32(31)39(43-38)41-24-27-9-5-4-6-10-27)36-33-22-21-30(40)23-34(33)42(3)37(36)29-19-15-26(2)16-20-29/h4-23H,24H2,1-3H3/b38-35-,41-39?. The van der Waals surface area contributed by atoms with E-state index in [-0.39, 0.29) is 0 Å². The number of rotatable bonds is 5. The molecule has 2 heterocycles. The van der Waals surface area contributed by atoms with Crippen molar-refractivity contribution in [3.63, 3.8) is 0 Å². The van der Waals surface area contributed by atoms with Gasteiger partial charge in [-0.05, 0) is 48.7 Å². The van der Waals surface area contributed by atoms with Crippen LogP contribution in [-0.2, 0) is 18.3 Å². The maximum atomic E-state index is 6.84. The van der Waals surface area contributed by atoms with Crippen molar-refractivity contribution in [2.24, 2.45) is 12.0 Å². The molecule has 210 valence electrons. The summed E-state index contributed by atoms with van der Waals surface area (Å²) in [7, 11) is 2.12. The Hall–Kier alpha value is -4.86. The van der Waals surface area contributed by atoms with E-state index in [1.165, 1.54) is 11.1 Å². The second-order valence-electron chi connectivity index (χ2n) is 11.1. The monoisotopic (exact) mass is 578 g/mol. The molecule has 0 saturated heterocycles. The Morgan fingerprint density at radius 1 is 0.744 bits per heavy atom. The van der Waals surface area contributed by atoms with Crippen molar-refractivity contribution in [2.75, 3.05) is 0 Å². The molecule has 7 rings (SSSR count). The third-order valence-corrected chi connectivity index (χ3v) is 8.39. The minimum absolute atomic E-state index is 0.541. The van der Waals surface area contributed by atoms with Crippen molar-refractivity contribution >= 4 is 39.7 Å². The van der Waals surface area contributed by atoms with E-state index in [9.17, 15) is 0 Å². The van der Waals surface area contributed by atoms with Crippen LogP contribution < -0.4 is 0 Å². The third-order valence-electron chi connectivity index (χ3n) is 8.15. The van der Waals surface area contributed by atoms with Crippen molar-refractivity contribution in [2.45, 2.75) is 20.4 Å². The average molecular weight is 579 g/mol. The second kappa shape index (κ2) is 11.1.